The van der Waals surface area contributed by atoms with Gasteiger partial charge in [-0.25, -0.2) is 0 Å². The third-order valence-corrected chi connectivity index (χ3v) is 4.90. The number of nitrogens with one attached hydrogen (secondary N) is 1. The molecule has 0 saturated carbocycles. The smallest absolute Gasteiger partial charge is 0.252 e. The van der Waals surface area contributed by atoms with Gasteiger partial charge in [-0.1, -0.05) is 28.1 Å². The second kappa shape index (κ2) is 7.74. The van der Waals surface area contributed by atoms with Crippen LogP contribution in [-0.4, -0.2) is 11.9 Å². The van der Waals surface area contributed by atoms with Crippen molar-refractivity contribution in [2.75, 3.05) is 0 Å². The van der Waals surface area contributed by atoms with E-state index in [0.717, 1.165) is 18.9 Å². The highest BCUT2D eigenvalue weighted by Crippen LogP contribution is 2.20. The number of hydrogen-bond donors (Lipinski definition) is 1. The van der Waals surface area contributed by atoms with E-state index < -0.39 is 0 Å². The fourth-order valence-electron chi connectivity index (χ4n) is 2.00. The van der Waals surface area contributed by atoms with Gasteiger partial charge in [0.15, 0.2) is 0 Å². The van der Waals surface area contributed by atoms with E-state index in [0.29, 0.717) is 5.56 Å². The lowest BCUT2D eigenvalue weighted by atomic mass is 10.1. The van der Waals surface area contributed by atoms with E-state index in [-0.39, 0.29) is 11.9 Å². The van der Waals surface area contributed by atoms with E-state index in [1.165, 1.54) is 5.56 Å². The first-order valence-electron chi connectivity index (χ1n) is 6.46. The molecule has 2 rings (SSSR count). The summed E-state index contributed by atoms with van der Waals surface area (Å²) in [5.41, 5.74) is 1.87. The average Bonchev–Trinajstić information content (AvgIpc) is 2.44. The zero-order chi connectivity index (χ0) is 15.4. The fourth-order valence-corrected chi connectivity index (χ4v) is 3.18. The molecule has 0 radical (unpaired) electrons. The van der Waals surface area contributed by atoms with Gasteiger partial charge in [-0.05, 0) is 87.8 Å². The van der Waals surface area contributed by atoms with E-state index in [1.54, 1.807) is 0 Å². The monoisotopic (exact) mass is 521 g/mol. The SMILES string of the molecule is CC(Cc1ccc(Br)cc1)NC(=O)c1cc(I)ccc1Br. The zero-order valence-electron chi connectivity index (χ0n) is 11.4. The average molecular weight is 523 g/mol. The van der Waals surface area contributed by atoms with Crippen molar-refractivity contribution < 1.29 is 4.79 Å². The minimum atomic E-state index is -0.0509. The fraction of sp³-hybridized carbons (Fsp3) is 0.188. The summed E-state index contributed by atoms with van der Waals surface area (Å²) in [5, 5.41) is 3.04. The van der Waals surface area contributed by atoms with Crippen molar-refractivity contribution in [1.82, 2.24) is 5.32 Å². The highest BCUT2D eigenvalue weighted by atomic mass is 127. The molecule has 5 heteroatoms. The molecule has 0 heterocycles. The molecule has 2 aromatic rings. The summed E-state index contributed by atoms with van der Waals surface area (Å²) < 4.78 is 2.92. The lowest BCUT2D eigenvalue weighted by molar-refractivity contribution is 0.0939. The summed E-state index contributed by atoms with van der Waals surface area (Å²) in [6, 6.07) is 14.0. The summed E-state index contributed by atoms with van der Waals surface area (Å²) in [5.74, 6) is -0.0509. The highest BCUT2D eigenvalue weighted by Gasteiger charge is 2.13. The van der Waals surface area contributed by atoms with Crippen LogP contribution in [0.3, 0.4) is 0 Å². The maximum absolute atomic E-state index is 12.3. The Morgan fingerprint density at radius 3 is 2.52 bits per heavy atom. The van der Waals surface area contributed by atoms with E-state index in [1.807, 2.05) is 37.3 Å². The predicted octanol–water partition coefficient (Wildman–Crippen LogP) is 5.18. The number of hydrogen-bond acceptors (Lipinski definition) is 1. The molecule has 0 fully saturated rings. The Labute approximate surface area is 155 Å². The Balaban J connectivity index is 2.01. The maximum atomic E-state index is 12.3. The van der Waals surface area contributed by atoms with Gasteiger partial charge in [-0.3, -0.25) is 4.79 Å². The van der Waals surface area contributed by atoms with Crippen molar-refractivity contribution in [3.05, 3.63) is 66.1 Å². The van der Waals surface area contributed by atoms with Gasteiger partial charge < -0.3 is 5.32 Å². The highest BCUT2D eigenvalue weighted by molar-refractivity contribution is 14.1. The van der Waals surface area contributed by atoms with Crippen molar-refractivity contribution in [3.8, 4) is 0 Å². The van der Waals surface area contributed by atoms with Crippen molar-refractivity contribution in [2.24, 2.45) is 0 Å². The molecule has 0 aliphatic carbocycles. The number of rotatable bonds is 4. The van der Waals surface area contributed by atoms with Gasteiger partial charge in [-0.15, -0.1) is 0 Å². The first-order chi connectivity index (χ1) is 9.95. The van der Waals surface area contributed by atoms with Gasteiger partial charge in [0.25, 0.3) is 5.91 Å². The Morgan fingerprint density at radius 2 is 1.86 bits per heavy atom. The van der Waals surface area contributed by atoms with Crippen LogP contribution in [-0.2, 0) is 6.42 Å². The molecule has 0 aromatic heterocycles. The van der Waals surface area contributed by atoms with Gasteiger partial charge in [0.1, 0.15) is 0 Å². The van der Waals surface area contributed by atoms with Crippen molar-refractivity contribution >= 4 is 60.4 Å². The molecule has 110 valence electrons. The Morgan fingerprint density at radius 1 is 1.19 bits per heavy atom. The first kappa shape index (κ1) is 17.0. The number of carbonyl (C=O) groups excluding carboxylic acids is 1. The molecule has 0 saturated heterocycles. The van der Waals surface area contributed by atoms with Crippen LogP contribution in [0.15, 0.2) is 51.4 Å². The zero-order valence-corrected chi connectivity index (χ0v) is 16.7. The van der Waals surface area contributed by atoms with Crippen LogP contribution in [0.1, 0.15) is 22.8 Å². The molecule has 0 aliphatic rings. The van der Waals surface area contributed by atoms with E-state index in [2.05, 4.69) is 71.9 Å². The Kier molecular flexibility index (Phi) is 6.25. The second-order valence-corrected chi connectivity index (χ2v) is 7.84. The van der Waals surface area contributed by atoms with E-state index in [4.69, 9.17) is 0 Å². The van der Waals surface area contributed by atoms with Gasteiger partial charge in [0, 0.05) is 18.6 Å². The van der Waals surface area contributed by atoms with Crippen LogP contribution in [0.25, 0.3) is 0 Å². The molecule has 1 N–H and O–H groups in total. The largest absolute Gasteiger partial charge is 0.349 e. The summed E-state index contributed by atoms with van der Waals surface area (Å²) >= 11 is 9.05. The van der Waals surface area contributed by atoms with Crippen molar-refractivity contribution in [1.29, 1.82) is 0 Å². The first-order valence-corrected chi connectivity index (χ1v) is 9.12. The standard InChI is InChI=1S/C16H14Br2INO/c1-10(8-11-2-4-12(17)5-3-11)20-16(21)14-9-13(19)6-7-15(14)18/h2-7,9-10H,8H2,1H3,(H,20,21). The van der Waals surface area contributed by atoms with E-state index >= 15 is 0 Å². The van der Waals surface area contributed by atoms with Crippen molar-refractivity contribution in [2.45, 2.75) is 19.4 Å². The molecule has 1 unspecified atom stereocenters. The number of carbonyl (C=O) groups is 1. The molecular weight excluding hydrogens is 509 g/mol. The third kappa shape index (κ3) is 5.07. The molecule has 21 heavy (non-hydrogen) atoms. The lowest BCUT2D eigenvalue weighted by Gasteiger charge is -2.15. The topological polar surface area (TPSA) is 29.1 Å². The molecule has 1 amide bonds. The van der Waals surface area contributed by atoms with Crippen molar-refractivity contribution in [3.63, 3.8) is 0 Å². The summed E-state index contributed by atoms with van der Waals surface area (Å²) in [4.78, 5) is 12.3. The molecule has 2 aromatic carbocycles. The third-order valence-electron chi connectivity index (χ3n) is 3.01. The molecule has 0 aliphatic heterocycles. The molecular formula is C16H14Br2INO. The lowest BCUT2D eigenvalue weighted by Crippen LogP contribution is -2.34. The van der Waals surface area contributed by atoms with Crippen LogP contribution in [0.4, 0.5) is 0 Å². The Hall–Kier alpha value is -0.400. The van der Waals surface area contributed by atoms with Crippen LogP contribution < -0.4 is 5.32 Å². The van der Waals surface area contributed by atoms with Gasteiger partial charge in [-0.2, -0.15) is 0 Å². The molecule has 0 spiro atoms. The summed E-state index contributed by atoms with van der Waals surface area (Å²) in [7, 11) is 0. The maximum Gasteiger partial charge on any atom is 0.252 e. The van der Waals surface area contributed by atoms with Crippen LogP contribution >= 0.6 is 54.5 Å². The van der Waals surface area contributed by atoms with Crippen LogP contribution in [0.5, 0.6) is 0 Å². The van der Waals surface area contributed by atoms with Gasteiger partial charge >= 0.3 is 0 Å². The molecule has 2 nitrogen and oxygen atoms in total. The van der Waals surface area contributed by atoms with E-state index in [9.17, 15) is 4.79 Å². The van der Waals surface area contributed by atoms with Crippen LogP contribution in [0, 0.1) is 3.57 Å². The summed E-state index contributed by atoms with van der Waals surface area (Å²) in [6.07, 6.45) is 0.806. The predicted molar refractivity (Wildman–Crippen MR) is 102 cm³/mol. The summed E-state index contributed by atoms with van der Waals surface area (Å²) in [6.45, 7) is 2.02. The minimum absolute atomic E-state index is 0.0509. The molecule has 0 bridgehead atoms. The number of benzene rings is 2. The number of amides is 1. The van der Waals surface area contributed by atoms with Gasteiger partial charge in [0.05, 0.1) is 5.56 Å². The quantitative estimate of drug-likeness (QED) is 0.551. The second-order valence-electron chi connectivity index (χ2n) is 4.83. The minimum Gasteiger partial charge on any atom is -0.349 e. The van der Waals surface area contributed by atoms with Crippen LogP contribution in [0.2, 0.25) is 0 Å². The molecule has 1 atom stereocenters. The Bertz CT molecular complexity index is 643. The van der Waals surface area contributed by atoms with Gasteiger partial charge in [0.2, 0.25) is 0 Å². The number of halogens is 3. The normalized spacial score (nSPS) is 12.0.